The standard InChI is InChI=1S/C17H30ClFN6O4S/c1-25-6-14(21-8-25)10-4-12(15(19)13(18)5-10)16(26)23-24-30(28,29)7-9-2-11(3-9)22-17(20)27/h9-15,21,24H,2-8H2,1H3,(H,23,26)(H3,20,22,27). The molecular formula is C17H30ClFN6O4S. The maximum Gasteiger partial charge on any atom is 0.312 e. The predicted molar refractivity (Wildman–Crippen MR) is 109 cm³/mol. The predicted octanol–water partition coefficient (Wildman–Crippen LogP) is -0.783. The number of sulfonamides is 1. The number of likely N-dealkylation sites (N-methyl/N-ethyl adjacent to an activating group) is 1. The number of urea groups is 1. The number of rotatable bonds is 7. The van der Waals surface area contributed by atoms with Crippen molar-refractivity contribution in [3.63, 3.8) is 0 Å². The van der Waals surface area contributed by atoms with Gasteiger partial charge < -0.3 is 11.1 Å². The molecule has 3 rings (SSSR count). The summed E-state index contributed by atoms with van der Waals surface area (Å²) in [5.41, 5.74) is 7.19. The minimum Gasteiger partial charge on any atom is -0.352 e. The van der Waals surface area contributed by atoms with Gasteiger partial charge in [-0.3, -0.25) is 20.4 Å². The Morgan fingerprint density at radius 2 is 1.97 bits per heavy atom. The molecule has 0 aromatic carbocycles. The number of nitrogens with zero attached hydrogens (tertiary/aromatic N) is 1. The zero-order chi connectivity index (χ0) is 22.1. The lowest BCUT2D eigenvalue weighted by Crippen LogP contribution is -2.53. The normalized spacial score (nSPS) is 37.4. The number of hydrazine groups is 1. The zero-order valence-electron chi connectivity index (χ0n) is 16.8. The number of hydrogen-bond acceptors (Lipinski definition) is 6. The van der Waals surface area contributed by atoms with Gasteiger partial charge in [0.25, 0.3) is 0 Å². The lowest BCUT2D eigenvalue weighted by molar-refractivity contribution is -0.129. The van der Waals surface area contributed by atoms with Crippen molar-refractivity contribution < 1.29 is 22.4 Å². The molecule has 0 bridgehead atoms. The Morgan fingerprint density at radius 1 is 1.27 bits per heavy atom. The first-order valence-corrected chi connectivity index (χ1v) is 12.2. The lowest BCUT2D eigenvalue weighted by Gasteiger charge is -2.37. The van der Waals surface area contributed by atoms with Gasteiger partial charge in [-0.2, -0.15) is 0 Å². The maximum atomic E-state index is 14.6. The second-order valence-corrected chi connectivity index (χ2v) is 11.0. The number of alkyl halides is 2. The Kier molecular flexibility index (Phi) is 7.44. The first kappa shape index (κ1) is 23.5. The summed E-state index contributed by atoms with van der Waals surface area (Å²) in [5, 5.41) is 5.07. The van der Waals surface area contributed by atoms with E-state index < -0.39 is 39.4 Å². The van der Waals surface area contributed by atoms with E-state index in [0.29, 0.717) is 25.7 Å². The molecule has 0 spiro atoms. The Hall–Kier alpha value is -1.21. The number of primary amides is 1. The molecule has 1 aliphatic heterocycles. The molecule has 5 unspecified atom stereocenters. The van der Waals surface area contributed by atoms with Crippen LogP contribution < -0.4 is 26.6 Å². The Morgan fingerprint density at radius 3 is 2.57 bits per heavy atom. The van der Waals surface area contributed by atoms with Crippen LogP contribution in [0, 0.1) is 17.8 Å². The van der Waals surface area contributed by atoms with Crippen LogP contribution >= 0.6 is 11.6 Å². The molecule has 3 amide bonds. The fraction of sp³-hybridized carbons (Fsp3) is 0.882. The van der Waals surface area contributed by atoms with Gasteiger partial charge in [-0.15, -0.1) is 16.4 Å². The zero-order valence-corrected chi connectivity index (χ0v) is 18.4. The summed E-state index contributed by atoms with van der Waals surface area (Å²) in [4.78, 5) is 27.5. The number of halogens is 2. The van der Waals surface area contributed by atoms with E-state index in [1.807, 2.05) is 7.05 Å². The summed E-state index contributed by atoms with van der Waals surface area (Å²) in [5.74, 6) is -2.06. The van der Waals surface area contributed by atoms with Gasteiger partial charge in [-0.1, -0.05) is 0 Å². The fourth-order valence-electron chi connectivity index (χ4n) is 4.62. The largest absolute Gasteiger partial charge is 0.352 e. The molecule has 0 radical (unpaired) electrons. The van der Waals surface area contributed by atoms with Crippen molar-refractivity contribution >= 4 is 33.6 Å². The van der Waals surface area contributed by atoms with Gasteiger partial charge in [-0.25, -0.2) is 17.6 Å². The van der Waals surface area contributed by atoms with Crippen LogP contribution in [-0.2, 0) is 14.8 Å². The summed E-state index contributed by atoms with van der Waals surface area (Å²) < 4.78 is 39.1. The van der Waals surface area contributed by atoms with E-state index in [-0.39, 0.29) is 29.7 Å². The van der Waals surface area contributed by atoms with Gasteiger partial charge >= 0.3 is 6.03 Å². The Bertz CT molecular complexity index is 753. The summed E-state index contributed by atoms with van der Waals surface area (Å²) in [6, 6.07) is -0.653. The van der Waals surface area contributed by atoms with Crippen molar-refractivity contribution in [3.05, 3.63) is 0 Å². The SMILES string of the molecule is CN1CNC(C2CC(Cl)C(F)C(C(=O)NNS(=O)(=O)CC3CC(NC(N)=O)C3)C2)C1. The second kappa shape index (κ2) is 9.51. The highest BCUT2D eigenvalue weighted by Gasteiger charge is 2.44. The van der Waals surface area contributed by atoms with Crippen LogP contribution in [0.5, 0.6) is 0 Å². The average molecular weight is 469 g/mol. The molecule has 5 atom stereocenters. The molecule has 6 N–H and O–H groups in total. The summed E-state index contributed by atoms with van der Waals surface area (Å²) in [6.07, 6.45) is 0.203. The quantitative estimate of drug-likeness (QED) is 0.245. The van der Waals surface area contributed by atoms with Crippen LogP contribution in [0.3, 0.4) is 0 Å². The third-order valence-corrected chi connectivity index (χ3v) is 7.96. The lowest BCUT2D eigenvalue weighted by atomic mass is 9.76. The van der Waals surface area contributed by atoms with Crippen molar-refractivity contribution in [2.75, 3.05) is 26.0 Å². The third-order valence-electron chi connectivity index (χ3n) is 6.22. The van der Waals surface area contributed by atoms with Crippen molar-refractivity contribution in [3.8, 4) is 0 Å². The van der Waals surface area contributed by atoms with Gasteiger partial charge in [0.15, 0.2) is 0 Å². The highest BCUT2D eigenvalue weighted by atomic mass is 35.5. The van der Waals surface area contributed by atoms with Gasteiger partial charge in [0.05, 0.1) is 17.0 Å². The summed E-state index contributed by atoms with van der Waals surface area (Å²) in [6.45, 7) is 1.51. The molecule has 1 heterocycles. The molecule has 2 saturated carbocycles. The maximum absolute atomic E-state index is 14.6. The van der Waals surface area contributed by atoms with E-state index in [9.17, 15) is 22.4 Å². The summed E-state index contributed by atoms with van der Waals surface area (Å²) in [7, 11) is -1.82. The van der Waals surface area contributed by atoms with Crippen LogP contribution in [0.15, 0.2) is 0 Å². The Labute approximate surface area is 180 Å². The van der Waals surface area contributed by atoms with Gasteiger partial charge in [0, 0.05) is 25.3 Å². The molecular weight excluding hydrogens is 439 g/mol. The molecule has 0 aromatic rings. The minimum absolute atomic E-state index is 0.0291. The molecule has 10 nitrogen and oxygen atoms in total. The van der Waals surface area contributed by atoms with Crippen LogP contribution in [0.1, 0.15) is 25.7 Å². The van der Waals surface area contributed by atoms with E-state index in [1.54, 1.807) is 0 Å². The van der Waals surface area contributed by atoms with Gasteiger partial charge in [-0.05, 0) is 44.6 Å². The monoisotopic (exact) mass is 468 g/mol. The fourth-order valence-corrected chi connectivity index (χ4v) is 6.26. The Balaban J connectivity index is 1.48. The van der Waals surface area contributed by atoms with Crippen LogP contribution in [0.2, 0.25) is 0 Å². The van der Waals surface area contributed by atoms with Crippen molar-refractivity contribution in [2.45, 2.75) is 49.3 Å². The first-order chi connectivity index (χ1) is 14.0. The number of nitrogens with one attached hydrogen (secondary N) is 4. The van der Waals surface area contributed by atoms with E-state index in [0.717, 1.165) is 13.2 Å². The first-order valence-electron chi connectivity index (χ1n) is 10.1. The van der Waals surface area contributed by atoms with Crippen LogP contribution in [0.25, 0.3) is 0 Å². The highest BCUT2D eigenvalue weighted by Crippen LogP contribution is 2.37. The van der Waals surface area contributed by atoms with E-state index >= 15 is 0 Å². The number of hydrogen-bond donors (Lipinski definition) is 5. The molecule has 30 heavy (non-hydrogen) atoms. The number of carbonyl (C=O) groups excluding carboxylic acids is 2. The molecule has 3 aliphatic rings. The van der Waals surface area contributed by atoms with Crippen LogP contribution in [0.4, 0.5) is 9.18 Å². The van der Waals surface area contributed by atoms with Gasteiger partial charge in [0.1, 0.15) is 6.17 Å². The highest BCUT2D eigenvalue weighted by molar-refractivity contribution is 7.89. The van der Waals surface area contributed by atoms with Crippen molar-refractivity contribution in [1.29, 1.82) is 0 Å². The number of amides is 3. The molecule has 0 aromatic heterocycles. The molecule has 2 aliphatic carbocycles. The van der Waals surface area contributed by atoms with Crippen molar-refractivity contribution in [1.82, 2.24) is 25.8 Å². The smallest absolute Gasteiger partial charge is 0.312 e. The number of carbonyl (C=O) groups is 2. The van der Waals surface area contributed by atoms with E-state index in [2.05, 4.69) is 25.8 Å². The number of nitrogens with two attached hydrogens (primary N) is 1. The molecule has 1 saturated heterocycles. The van der Waals surface area contributed by atoms with Crippen molar-refractivity contribution in [2.24, 2.45) is 23.5 Å². The van der Waals surface area contributed by atoms with Gasteiger partial charge in [0.2, 0.25) is 15.9 Å². The molecule has 3 fully saturated rings. The minimum atomic E-state index is -3.80. The third kappa shape index (κ3) is 5.94. The topological polar surface area (TPSA) is 146 Å². The van der Waals surface area contributed by atoms with E-state index in [1.165, 1.54) is 0 Å². The average Bonchev–Trinajstić information content (AvgIpc) is 3.06. The molecule has 13 heteroatoms. The molecule has 172 valence electrons. The second-order valence-electron chi connectivity index (χ2n) is 8.72. The van der Waals surface area contributed by atoms with Crippen LogP contribution in [-0.4, -0.2) is 74.9 Å². The van der Waals surface area contributed by atoms with E-state index in [4.69, 9.17) is 17.3 Å². The summed E-state index contributed by atoms with van der Waals surface area (Å²) >= 11 is 6.18.